The van der Waals surface area contributed by atoms with Gasteiger partial charge in [-0.05, 0) is 30.7 Å². The number of rotatable bonds is 1. The standard InChI is InChI=1S/C9H11NO/c11-8-3-1-7(2-4-8)9-5-6-10-9/h1-4,9-11H,5-6H2/t9-/m1/s1. The molecule has 0 bridgehead atoms. The van der Waals surface area contributed by atoms with Crippen LogP contribution in [-0.2, 0) is 0 Å². The van der Waals surface area contributed by atoms with Gasteiger partial charge in [0, 0.05) is 6.04 Å². The summed E-state index contributed by atoms with van der Waals surface area (Å²) < 4.78 is 0. The van der Waals surface area contributed by atoms with E-state index in [2.05, 4.69) is 5.32 Å². The second-order valence-electron chi connectivity index (χ2n) is 2.89. The van der Waals surface area contributed by atoms with Crippen LogP contribution in [0.3, 0.4) is 0 Å². The highest BCUT2D eigenvalue weighted by molar-refractivity contribution is 5.28. The molecule has 0 amide bonds. The average molecular weight is 149 g/mol. The molecular weight excluding hydrogens is 138 g/mol. The molecule has 58 valence electrons. The Morgan fingerprint density at radius 2 is 1.91 bits per heavy atom. The number of nitrogens with one attached hydrogen (secondary N) is 1. The molecule has 11 heavy (non-hydrogen) atoms. The zero-order chi connectivity index (χ0) is 7.68. The molecule has 1 heterocycles. The van der Waals surface area contributed by atoms with E-state index in [1.807, 2.05) is 12.1 Å². The molecule has 0 unspecified atom stereocenters. The van der Waals surface area contributed by atoms with Gasteiger partial charge in [0.15, 0.2) is 0 Å². The number of hydrogen-bond acceptors (Lipinski definition) is 2. The van der Waals surface area contributed by atoms with Crippen LogP contribution >= 0.6 is 0 Å². The van der Waals surface area contributed by atoms with Crippen molar-refractivity contribution in [3.8, 4) is 5.75 Å². The largest absolute Gasteiger partial charge is 0.508 e. The van der Waals surface area contributed by atoms with E-state index in [1.165, 1.54) is 12.0 Å². The molecule has 2 rings (SSSR count). The number of phenols is 1. The van der Waals surface area contributed by atoms with E-state index >= 15 is 0 Å². The monoisotopic (exact) mass is 149 g/mol. The Balaban J connectivity index is 2.18. The van der Waals surface area contributed by atoms with Crippen LogP contribution in [0.1, 0.15) is 18.0 Å². The Bertz CT molecular complexity index is 238. The maximum Gasteiger partial charge on any atom is 0.115 e. The molecule has 1 aliphatic rings. The highest BCUT2D eigenvalue weighted by Gasteiger charge is 2.17. The van der Waals surface area contributed by atoms with Crippen LogP contribution < -0.4 is 5.32 Å². The summed E-state index contributed by atoms with van der Waals surface area (Å²) in [5.74, 6) is 0.341. The fraction of sp³-hybridized carbons (Fsp3) is 0.333. The lowest BCUT2D eigenvalue weighted by Gasteiger charge is -2.27. The van der Waals surface area contributed by atoms with Crippen LogP contribution in [0, 0.1) is 0 Å². The van der Waals surface area contributed by atoms with E-state index in [0.717, 1.165) is 6.54 Å². The fourth-order valence-electron chi connectivity index (χ4n) is 1.28. The van der Waals surface area contributed by atoms with Gasteiger partial charge in [-0.3, -0.25) is 0 Å². The summed E-state index contributed by atoms with van der Waals surface area (Å²) in [6, 6.07) is 7.92. The Kier molecular flexibility index (Phi) is 1.55. The van der Waals surface area contributed by atoms with Gasteiger partial charge in [0.25, 0.3) is 0 Å². The van der Waals surface area contributed by atoms with Crippen LogP contribution in [-0.4, -0.2) is 11.7 Å². The minimum atomic E-state index is 0.341. The third-order valence-corrected chi connectivity index (χ3v) is 2.12. The molecule has 1 saturated heterocycles. The highest BCUT2D eigenvalue weighted by Crippen LogP contribution is 2.23. The lowest BCUT2D eigenvalue weighted by molar-refractivity contribution is 0.382. The van der Waals surface area contributed by atoms with Gasteiger partial charge in [0.2, 0.25) is 0 Å². The summed E-state index contributed by atoms with van der Waals surface area (Å²) in [6.07, 6.45) is 1.21. The number of benzene rings is 1. The van der Waals surface area contributed by atoms with Crippen molar-refractivity contribution in [2.75, 3.05) is 6.54 Å². The predicted octanol–water partition coefficient (Wildman–Crippen LogP) is 1.43. The molecule has 0 spiro atoms. The van der Waals surface area contributed by atoms with Crippen LogP contribution in [0.5, 0.6) is 5.75 Å². The predicted molar refractivity (Wildman–Crippen MR) is 43.5 cm³/mol. The lowest BCUT2D eigenvalue weighted by atomic mass is 9.98. The molecule has 1 aliphatic heterocycles. The third kappa shape index (κ3) is 1.21. The number of hydrogen-bond donors (Lipinski definition) is 2. The SMILES string of the molecule is Oc1ccc([C@H]2CCN2)cc1. The summed E-state index contributed by atoms with van der Waals surface area (Å²) in [5, 5.41) is 12.3. The summed E-state index contributed by atoms with van der Waals surface area (Å²) in [7, 11) is 0. The van der Waals surface area contributed by atoms with Crippen molar-refractivity contribution in [1.29, 1.82) is 0 Å². The van der Waals surface area contributed by atoms with Crippen molar-refractivity contribution in [3.05, 3.63) is 29.8 Å². The van der Waals surface area contributed by atoms with Crippen molar-refractivity contribution < 1.29 is 5.11 Å². The van der Waals surface area contributed by atoms with Gasteiger partial charge < -0.3 is 10.4 Å². The zero-order valence-corrected chi connectivity index (χ0v) is 6.25. The quantitative estimate of drug-likeness (QED) is 0.633. The molecule has 1 aromatic rings. The highest BCUT2D eigenvalue weighted by atomic mass is 16.3. The Morgan fingerprint density at radius 1 is 1.27 bits per heavy atom. The van der Waals surface area contributed by atoms with E-state index in [-0.39, 0.29) is 0 Å². The van der Waals surface area contributed by atoms with Gasteiger partial charge in [-0.2, -0.15) is 0 Å². The molecule has 0 radical (unpaired) electrons. The first-order valence-corrected chi connectivity index (χ1v) is 3.88. The zero-order valence-electron chi connectivity index (χ0n) is 6.25. The van der Waals surface area contributed by atoms with Gasteiger partial charge in [-0.25, -0.2) is 0 Å². The molecule has 1 atom stereocenters. The first kappa shape index (κ1) is 6.68. The van der Waals surface area contributed by atoms with Crippen LogP contribution in [0.2, 0.25) is 0 Å². The third-order valence-electron chi connectivity index (χ3n) is 2.12. The summed E-state index contributed by atoms with van der Waals surface area (Å²) in [4.78, 5) is 0. The van der Waals surface area contributed by atoms with E-state index < -0.39 is 0 Å². The van der Waals surface area contributed by atoms with Crippen molar-refractivity contribution in [3.63, 3.8) is 0 Å². The van der Waals surface area contributed by atoms with Crippen molar-refractivity contribution in [1.82, 2.24) is 5.32 Å². The molecule has 1 fully saturated rings. The van der Waals surface area contributed by atoms with Crippen LogP contribution in [0.15, 0.2) is 24.3 Å². The minimum Gasteiger partial charge on any atom is -0.508 e. The Morgan fingerprint density at radius 3 is 2.36 bits per heavy atom. The molecule has 0 aromatic heterocycles. The van der Waals surface area contributed by atoms with Gasteiger partial charge >= 0.3 is 0 Å². The molecule has 2 heteroatoms. The second-order valence-corrected chi connectivity index (χ2v) is 2.89. The summed E-state index contributed by atoms with van der Waals surface area (Å²) in [5.41, 5.74) is 1.27. The average Bonchev–Trinajstić information content (AvgIpc) is 1.90. The topological polar surface area (TPSA) is 32.3 Å². The van der Waals surface area contributed by atoms with Gasteiger partial charge in [0.1, 0.15) is 5.75 Å². The normalized spacial score (nSPS) is 22.7. The molecular formula is C9H11NO. The van der Waals surface area contributed by atoms with Crippen molar-refractivity contribution in [2.45, 2.75) is 12.5 Å². The maximum atomic E-state index is 9.01. The van der Waals surface area contributed by atoms with Gasteiger partial charge in [0.05, 0.1) is 0 Å². The van der Waals surface area contributed by atoms with E-state index in [0.29, 0.717) is 11.8 Å². The maximum absolute atomic E-state index is 9.01. The minimum absolute atomic E-state index is 0.341. The lowest BCUT2D eigenvalue weighted by Crippen LogP contribution is -2.34. The van der Waals surface area contributed by atoms with Gasteiger partial charge in [-0.15, -0.1) is 0 Å². The fourth-order valence-corrected chi connectivity index (χ4v) is 1.28. The molecule has 1 aromatic carbocycles. The summed E-state index contributed by atoms with van der Waals surface area (Å²) >= 11 is 0. The molecule has 2 N–H and O–H groups in total. The summed E-state index contributed by atoms with van der Waals surface area (Å²) in [6.45, 7) is 1.12. The van der Waals surface area contributed by atoms with Crippen LogP contribution in [0.4, 0.5) is 0 Å². The van der Waals surface area contributed by atoms with E-state index in [1.54, 1.807) is 12.1 Å². The van der Waals surface area contributed by atoms with Crippen molar-refractivity contribution >= 4 is 0 Å². The smallest absolute Gasteiger partial charge is 0.115 e. The Labute approximate surface area is 65.9 Å². The van der Waals surface area contributed by atoms with Crippen LogP contribution in [0.25, 0.3) is 0 Å². The molecule has 2 nitrogen and oxygen atoms in total. The second kappa shape index (κ2) is 2.55. The van der Waals surface area contributed by atoms with Gasteiger partial charge in [-0.1, -0.05) is 12.1 Å². The number of aromatic hydroxyl groups is 1. The first-order valence-electron chi connectivity index (χ1n) is 3.88. The molecule has 0 aliphatic carbocycles. The molecule has 0 saturated carbocycles. The van der Waals surface area contributed by atoms with E-state index in [9.17, 15) is 0 Å². The number of phenolic OH excluding ortho intramolecular Hbond substituents is 1. The van der Waals surface area contributed by atoms with E-state index in [4.69, 9.17) is 5.11 Å². The first-order chi connectivity index (χ1) is 5.36. The Hall–Kier alpha value is -1.02. The van der Waals surface area contributed by atoms with Crippen molar-refractivity contribution in [2.24, 2.45) is 0 Å².